The second kappa shape index (κ2) is 9.08. The topological polar surface area (TPSA) is 94.7 Å². The monoisotopic (exact) mass is 425 g/mol. The van der Waals surface area contributed by atoms with Crippen LogP contribution in [0.15, 0.2) is 41.7 Å². The van der Waals surface area contributed by atoms with Crippen LogP contribution in [-0.2, 0) is 0 Å². The minimum atomic E-state index is -0.287. The van der Waals surface area contributed by atoms with Gasteiger partial charge in [0.15, 0.2) is 5.78 Å². The van der Waals surface area contributed by atoms with E-state index in [0.29, 0.717) is 22.2 Å². The molecule has 3 heterocycles. The van der Waals surface area contributed by atoms with E-state index < -0.39 is 0 Å². The largest absolute Gasteiger partial charge is 0.356 e. The highest BCUT2D eigenvalue weighted by molar-refractivity contribution is 7.99. The Balaban J connectivity index is 1.31. The second-order valence-corrected chi connectivity index (χ2v) is 7.84. The number of aromatic nitrogens is 4. The van der Waals surface area contributed by atoms with Crippen molar-refractivity contribution in [3.63, 3.8) is 0 Å². The van der Waals surface area contributed by atoms with E-state index in [4.69, 9.17) is 0 Å². The molecule has 4 rings (SSSR count). The summed E-state index contributed by atoms with van der Waals surface area (Å²) in [5.74, 6) is 0.240. The van der Waals surface area contributed by atoms with Crippen molar-refractivity contribution in [3.8, 4) is 0 Å². The van der Waals surface area contributed by atoms with Gasteiger partial charge in [-0.25, -0.2) is 9.37 Å². The molecule has 2 N–H and O–H groups in total. The number of H-pyrrole nitrogens is 2. The summed E-state index contributed by atoms with van der Waals surface area (Å²) >= 11 is 1.22. The van der Waals surface area contributed by atoms with Gasteiger partial charge >= 0.3 is 0 Å². The van der Waals surface area contributed by atoms with Crippen molar-refractivity contribution >= 4 is 35.6 Å². The number of likely N-dealkylation sites (tertiary alicyclic amines) is 1. The highest BCUT2D eigenvalue weighted by Crippen LogP contribution is 2.18. The van der Waals surface area contributed by atoms with E-state index in [-0.39, 0.29) is 23.3 Å². The van der Waals surface area contributed by atoms with Gasteiger partial charge in [-0.15, -0.1) is 5.10 Å². The zero-order chi connectivity index (χ0) is 20.9. The van der Waals surface area contributed by atoms with E-state index in [1.54, 1.807) is 41.4 Å². The first kappa shape index (κ1) is 20.1. The van der Waals surface area contributed by atoms with Gasteiger partial charge in [-0.05, 0) is 42.7 Å². The average molecular weight is 425 g/mol. The second-order valence-electron chi connectivity index (χ2n) is 6.90. The van der Waals surface area contributed by atoms with E-state index in [1.165, 1.54) is 23.9 Å². The number of aromatic amines is 2. The van der Waals surface area contributed by atoms with Crippen molar-refractivity contribution in [2.24, 2.45) is 0 Å². The fourth-order valence-electron chi connectivity index (χ4n) is 3.13. The first-order valence-corrected chi connectivity index (χ1v) is 10.6. The summed E-state index contributed by atoms with van der Waals surface area (Å²) in [5, 5.41) is 7.33. The maximum absolute atomic E-state index is 12.9. The fraction of sp³-hybridized carbons (Fsp3) is 0.238. The summed E-state index contributed by atoms with van der Waals surface area (Å²) in [6.45, 7) is 1.53. The smallest absolute Gasteiger partial charge is 0.270 e. The number of thioether (sulfide) groups is 1. The van der Waals surface area contributed by atoms with Crippen molar-refractivity contribution in [2.75, 3.05) is 18.8 Å². The lowest BCUT2D eigenvalue weighted by molar-refractivity contribution is 0.0787. The Morgan fingerprint density at radius 1 is 1.17 bits per heavy atom. The Morgan fingerprint density at radius 3 is 2.70 bits per heavy atom. The van der Waals surface area contributed by atoms with E-state index in [1.807, 2.05) is 0 Å². The number of benzene rings is 1. The van der Waals surface area contributed by atoms with Gasteiger partial charge < -0.3 is 9.88 Å². The first-order valence-electron chi connectivity index (χ1n) is 9.58. The van der Waals surface area contributed by atoms with Crippen molar-refractivity contribution in [2.45, 2.75) is 18.0 Å². The maximum Gasteiger partial charge on any atom is 0.270 e. The Hall–Kier alpha value is -3.20. The van der Waals surface area contributed by atoms with Crippen molar-refractivity contribution in [3.05, 3.63) is 65.0 Å². The summed E-state index contributed by atoms with van der Waals surface area (Å²) < 4.78 is 12.9. The molecule has 1 amide bonds. The van der Waals surface area contributed by atoms with Gasteiger partial charge in [-0.3, -0.25) is 14.7 Å². The zero-order valence-electron chi connectivity index (χ0n) is 16.1. The predicted molar refractivity (Wildman–Crippen MR) is 113 cm³/mol. The number of hydrogen-bond donors (Lipinski definition) is 2. The molecule has 1 fully saturated rings. The summed E-state index contributed by atoms with van der Waals surface area (Å²) in [6, 6.07) is 7.71. The minimum Gasteiger partial charge on any atom is -0.356 e. The molecule has 30 heavy (non-hydrogen) atoms. The zero-order valence-corrected chi connectivity index (χ0v) is 16.9. The number of nitrogens with zero attached hydrogens (tertiary/aromatic N) is 3. The molecular weight excluding hydrogens is 405 g/mol. The number of nitrogens with one attached hydrogen (secondary N) is 2. The predicted octanol–water partition coefficient (Wildman–Crippen LogP) is 3.65. The van der Waals surface area contributed by atoms with Crippen LogP contribution in [0, 0.1) is 5.82 Å². The molecular formula is C21H20FN5O2S. The van der Waals surface area contributed by atoms with Gasteiger partial charge in [-0.2, -0.15) is 0 Å². The third-order valence-electron chi connectivity index (χ3n) is 4.75. The van der Waals surface area contributed by atoms with Crippen molar-refractivity contribution in [1.29, 1.82) is 0 Å². The lowest BCUT2D eigenvalue weighted by atomic mass is 10.2. The van der Waals surface area contributed by atoms with Crippen LogP contribution in [0.3, 0.4) is 0 Å². The molecule has 1 saturated heterocycles. The highest BCUT2D eigenvalue weighted by atomic mass is 32.2. The molecule has 7 nitrogen and oxygen atoms in total. The third kappa shape index (κ3) is 4.85. The molecule has 0 radical (unpaired) electrons. The molecule has 0 bridgehead atoms. The molecule has 3 aromatic rings. The highest BCUT2D eigenvalue weighted by Gasteiger charge is 2.21. The van der Waals surface area contributed by atoms with Gasteiger partial charge in [0.2, 0.25) is 5.16 Å². The lowest BCUT2D eigenvalue weighted by Gasteiger charge is -2.13. The Labute approximate surface area is 176 Å². The van der Waals surface area contributed by atoms with Crippen LogP contribution in [0.2, 0.25) is 0 Å². The molecule has 0 unspecified atom stereocenters. The number of carbonyl (C=O) groups is 2. The Morgan fingerprint density at radius 2 is 1.93 bits per heavy atom. The SMILES string of the molecule is O=C(CSc1n[nH]c(/C=C/c2ccc(F)cc2)n1)c1c[nH]c(C(=O)N2CCCC2)c1. The van der Waals surface area contributed by atoms with E-state index in [0.717, 1.165) is 31.5 Å². The van der Waals surface area contributed by atoms with Crippen molar-refractivity contribution in [1.82, 2.24) is 25.1 Å². The number of hydrogen-bond acceptors (Lipinski definition) is 5. The van der Waals surface area contributed by atoms with E-state index >= 15 is 0 Å². The van der Waals surface area contributed by atoms with Crippen molar-refractivity contribution < 1.29 is 14.0 Å². The van der Waals surface area contributed by atoms with Crippen LogP contribution >= 0.6 is 11.8 Å². The molecule has 1 aliphatic heterocycles. The minimum absolute atomic E-state index is 0.0641. The maximum atomic E-state index is 12.9. The quantitative estimate of drug-likeness (QED) is 0.445. The van der Waals surface area contributed by atoms with Gasteiger partial charge in [0.25, 0.3) is 5.91 Å². The average Bonchev–Trinajstić information content (AvgIpc) is 3.53. The summed E-state index contributed by atoms with van der Waals surface area (Å²) in [6.07, 6.45) is 7.13. The molecule has 2 aromatic heterocycles. The summed E-state index contributed by atoms with van der Waals surface area (Å²) in [4.78, 5) is 33.8. The number of rotatable bonds is 7. The van der Waals surface area contributed by atoms with E-state index in [2.05, 4.69) is 20.2 Å². The van der Waals surface area contributed by atoms with Gasteiger partial charge in [0, 0.05) is 24.8 Å². The molecule has 9 heteroatoms. The fourth-order valence-corrected chi connectivity index (χ4v) is 3.83. The standard InChI is InChI=1S/C21H20FN5O2S/c22-16-6-3-14(4-7-16)5-8-19-24-21(26-25-19)30-13-18(28)15-11-17(23-12-15)20(29)27-9-1-2-10-27/h3-8,11-12,23H,1-2,9-10,13H2,(H,24,25,26)/b8-5+. The molecule has 154 valence electrons. The molecule has 0 aliphatic carbocycles. The van der Waals surface area contributed by atoms with Gasteiger partial charge in [0.05, 0.1) is 5.75 Å². The molecule has 0 atom stereocenters. The molecule has 0 saturated carbocycles. The molecule has 0 spiro atoms. The van der Waals surface area contributed by atoms with E-state index in [9.17, 15) is 14.0 Å². The number of halogens is 1. The number of amides is 1. The third-order valence-corrected chi connectivity index (χ3v) is 5.59. The van der Waals surface area contributed by atoms with Crippen LogP contribution in [0.25, 0.3) is 12.2 Å². The number of ketones is 1. The van der Waals surface area contributed by atoms with Crippen LogP contribution in [0.4, 0.5) is 4.39 Å². The molecule has 1 aliphatic rings. The van der Waals surface area contributed by atoms with Crippen LogP contribution in [0.5, 0.6) is 0 Å². The Kier molecular flexibility index (Phi) is 6.08. The summed E-state index contributed by atoms with van der Waals surface area (Å²) in [7, 11) is 0. The Bertz CT molecular complexity index is 1070. The van der Waals surface area contributed by atoms with Gasteiger partial charge in [0.1, 0.15) is 17.3 Å². The van der Waals surface area contributed by atoms with Gasteiger partial charge in [-0.1, -0.05) is 30.0 Å². The lowest BCUT2D eigenvalue weighted by Crippen LogP contribution is -2.27. The summed E-state index contributed by atoms with van der Waals surface area (Å²) in [5.41, 5.74) is 1.75. The number of carbonyl (C=O) groups excluding carboxylic acids is 2. The molecule has 1 aromatic carbocycles. The normalized spacial score (nSPS) is 14.0. The first-order chi connectivity index (χ1) is 14.6. The van der Waals surface area contributed by atoms with Crippen LogP contribution in [0.1, 0.15) is 45.1 Å². The number of Topliss-reactive ketones (excluding diaryl/α,β-unsaturated/α-hetero) is 1. The van der Waals surface area contributed by atoms with Crippen LogP contribution < -0.4 is 0 Å². The van der Waals surface area contributed by atoms with Crippen LogP contribution in [-0.4, -0.2) is 55.6 Å².